The van der Waals surface area contributed by atoms with E-state index in [1.165, 1.54) is 30.0 Å². The van der Waals surface area contributed by atoms with Crippen LogP contribution in [0.1, 0.15) is 16.2 Å². The molecule has 156 valence electrons. The van der Waals surface area contributed by atoms with E-state index in [9.17, 15) is 14.0 Å². The molecule has 0 aliphatic carbocycles. The molecular formula is C20H19ClFN5O2S. The Bertz CT molecular complexity index is 1060. The summed E-state index contributed by atoms with van der Waals surface area (Å²) in [6, 6.07) is 12.7. The van der Waals surface area contributed by atoms with Gasteiger partial charge in [-0.2, -0.15) is 0 Å². The van der Waals surface area contributed by atoms with Crippen LogP contribution in [0.15, 0.2) is 53.7 Å². The maximum absolute atomic E-state index is 13.6. The normalized spacial score (nSPS) is 10.6. The molecule has 0 radical (unpaired) electrons. The Hall–Kier alpha value is -2.91. The lowest BCUT2D eigenvalue weighted by Gasteiger charge is -2.07. The Morgan fingerprint density at radius 2 is 1.97 bits per heavy atom. The standard InChI is InChI=1S/C20H19ClFN5O2S/c1-27-17(9-10-23-19(29)15-7-2-3-8-16(15)22)25-26-20(27)30-12-18(28)24-14-6-4-5-13(21)11-14/h2-8,11H,9-10,12H2,1H3,(H,23,29)(H,24,28). The Morgan fingerprint density at radius 3 is 2.73 bits per heavy atom. The van der Waals surface area contributed by atoms with Gasteiger partial charge in [0.25, 0.3) is 5.91 Å². The van der Waals surface area contributed by atoms with Crippen LogP contribution in [0.4, 0.5) is 10.1 Å². The Balaban J connectivity index is 1.48. The highest BCUT2D eigenvalue weighted by Crippen LogP contribution is 2.18. The molecule has 0 fully saturated rings. The fourth-order valence-electron chi connectivity index (χ4n) is 2.61. The van der Waals surface area contributed by atoms with Crippen molar-refractivity contribution in [3.05, 3.63) is 70.8 Å². The summed E-state index contributed by atoms with van der Waals surface area (Å²) in [4.78, 5) is 24.2. The number of carbonyl (C=O) groups is 2. The van der Waals surface area contributed by atoms with Crippen LogP contribution >= 0.6 is 23.4 Å². The molecule has 0 saturated heterocycles. The Kier molecular flexibility index (Phi) is 7.42. The van der Waals surface area contributed by atoms with Crippen molar-refractivity contribution in [1.82, 2.24) is 20.1 Å². The monoisotopic (exact) mass is 447 g/mol. The zero-order valence-electron chi connectivity index (χ0n) is 16.1. The summed E-state index contributed by atoms with van der Waals surface area (Å²) in [6.45, 7) is 0.277. The fraction of sp³-hybridized carbons (Fsp3) is 0.200. The van der Waals surface area contributed by atoms with E-state index in [1.807, 2.05) is 0 Å². The van der Waals surface area contributed by atoms with E-state index in [1.54, 1.807) is 41.9 Å². The molecule has 0 atom stereocenters. The van der Waals surface area contributed by atoms with E-state index < -0.39 is 11.7 Å². The molecule has 1 aromatic heterocycles. The van der Waals surface area contributed by atoms with Gasteiger partial charge in [-0.15, -0.1) is 10.2 Å². The third kappa shape index (κ3) is 5.80. The van der Waals surface area contributed by atoms with Gasteiger partial charge in [-0.1, -0.05) is 41.6 Å². The van der Waals surface area contributed by atoms with Gasteiger partial charge < -0.3 is 15.2 Å². The molecule has 30 heavy (non-hydrogen) atoms. The molecule has 0 spiro atoms. The molecule has 3 aromatic rings. The fourth-order valence-corrected chi connectivity index (χ4v) is 3.53. The number of halogens is 2. The van der Waals surface area contributed by atoms with Crippen LogP contribution in [0.3, 0.4) is 0 Å². The summed E-state index contributed by atoms with van der Waals surface area (Å²) in [7, 11) is 1.78. The summed E-state index contributed by atoms with van der Waals surface area (Å²) < 4.78 is 15.4. The molecule has 7 nitrogen and oxygen atoms in total. The van der Waals surface area contributed by atoms with Gasteiger partial charge in [0.1, 0.15) is 11.6 Å². The van der Waals surface area contributed by atoms with Crippen LogP contribution in [0.25, 0.3) is 0 Å². The molecule has 10 heteroatoms. The maximum atomic E-state index is 13.6. The van der Waals surface area contributed by atoms with Crippen molar-refractivity contribution < 1.29 is 14.0 Å². The Labute approximate surface area is 182 Å². The number of thioether (sulfide) groups is 1. The highest BCUT2D eigenvalue weighted by molar-refractivity contribution is 7.99. The summed E-state index contributed by atoms with van der Waals surface area (Å²) in [5.74, 6) is -0.445. The molecule has 3 rings (SSSR count). The van der Waals surface area contributed by atoms with Gasteiger partial charge in [0.2, 0.25) is 5.91 Å². The molecule has 0 aliphatic rings. The van der Waals surface area contributed by atoms with Gasteiger partial charge in [-0.05, 0) is 30.3 Å². The van der Waals surface area contributed by atoms with Crippen molar-refractivity contribution in [2.24, 2.45) is 7.05 Å². The lowest BCUT2D eigenvalue weighted by Crippen LogP contribution is -2.27. The van der Waals surface area contributed by atoms with Crippen molar-refractivity contribution >= 4 is 40.9 Å². The topological polar surface area (TPSA) is 88.9 Å². The third-order valence-corrected chi connectivity index (χ3v) is 5.37. The quantitative estimate of drug-likeness (QED) is 0.517. The molecule has 2 amide bonds. The second kappa shape index (κ2) is 10.2. The summed E-state index contributed by atoms with van der Waals surface area (Å²) in [6.07, 6.45) is 0.416. The number of amides is 2. The van der Waals surface area contributed by atoms with Gasteiger partial charge in [0, 0.05) is 30.7 Å². The zero-order valence-corrected chi connectivity index (χ0v) is 17.6. The zero-order chi connectivity index (χ0) is 21.5. The minimum Gasteiger partial charge on any atom is -0.351 e. The first-order valence-electron chi connectivity index (χ1n) is 9.03. The lowest BCUT2D eigenvalue weighted by atomic mass is 10.2. The Morgan fingerprint density at radius 1 is 1.17 bits per heavy atom. The smallest absolute Gasteiger partial charge is 0.254 e. The van der Waals surface area contributed by atoms with Gasteiger partial charge in [-0.25, -0.2) is 4.39 Å². The predicted molar refractivity (Wildman–Crippen MR) is 114 cm³/mol. The average molecular weight is 448 g/mol. The number of carbonyl (C=O) groups excluding carboxylic acids is 2. The van der Waals surface area contributed by atoms with E-state index in [0.29, 0.717) is 28.1 Å². The number of benzene rings is 2. The second-order valence-electron chi connectivity index (χ2n) is 6.29. The minimum absolute atomic E-state index is 0.00238. The lowest BCUT2D eigenvalue weighted by molar-refractivity contribution is -0.113. The second-order valence-corrected chi connectivity index (χ2v) is 7.67. The highest BCUT2D eigenvalue weighted by atomic mass is 35.5. The van der Waals surface area contributed by atoms with E-state index in [2.05, 4.69) is 20.8 Å². The van der Waals surface area contributed by atoms with Gasteiger partial charge >= 0.3 is 0 Å². The van der Waals surface area contributed by atoms with Crippen LogP contribution in [-0.4, -0.2) is 38.9 Å². The van der Waals surface area contributed by atoms with Gasteiger partial charge in [0.15, 0.2) is 5.16 Å². The van der Waals surface area contributed by atoms with Crippen LogP contribution in [-0.2, 0) is 18.3 Å². The molecular weight excluding hydrogens is 429 g/mol. The van der Waals surface area contributed by atoms with E-state index in [4.69, 9.17) is 11.6 Å². The summed E-state index contributed by atoms with van der Waals surface area (Å²) in [5.41, 5.74) is 0.620. The number of nitrogens with one attached hydrogen (secondary N) is 2. The number of nitrogens with zero attached hydrogens (tertiary/aromatic N) is 3. The van der Waals surface area contributed by atoms with Crippen molar-refractivity contribution in [3.8, 4) is 0 Å². The highest BCUT2D eigenvalue weighted by Gasteiger charge is 2.13. The van der Waals surface area contributed by atoms with Gasteiger partial charge in [-0.3, -0.25) is 9.59 Å². The average Bonchev–Trinajstić information content (AvgIpc) is 3.06. The SMILES string of the molecule is Cn1c(CCNC(=O)c2ccccc2F)nnc1SCC(=O)Nc1cccc(Cl)c1. The molecule has 1 heterocycles. The number of hydrogen-bond donors (Lipinski definition) is 2. The molecule has 2 N–H and O–H groups in total. The van der Waals surface area contributed by atoms with Crippen molar-refractivity contribution in [3.63, 3.8) is 0 Å². The molecule has 0 unspecified atom stereocenters. The number of aromatic nitrogens is 3. The first kappa shape index (κ1) is 21.8. The minimum atomic E-state index is -0.566. The predicted octanol–water partition coefficient (Wildman–Crippen LogP) is 3.31. The van der Waals surface area contributed by atoms with Crippen molar-refractivity contribution in [2.75, 3.05) is 17.6 Å². The maximum Gasteiger partial charge on any atom is 0.254 e. The summed E-state index contributed by atoms with van der Waals surface area (Å²) >= 11 is 7.15. The third-order valence-electron chi connectivity index (χ3n) is 4.12. The molecule has 0 aliphatic heterocycles. The van der Waals surface area contributed by atoms with E-state index >= 15 is 0 Å². The van der Waals surface area contributed by atoms with Crippen LogP contribution in [0.5, 0.6) is 0 Å². The number of hydrogen-bond acceptors (Lipinski definition) is 5. The molecule has 0 bridgehead atoms. The van der Waals surface area contributed by atoms with Crippen LogP contribution < -0.4 is 10.6 Å². The first-order valence-corrected chi connectivity index (χ1v) is 10.4. The van der Waals surface area contributed by atoms with Crippen LogP contribution in [0.2, 0.25) is 5.02 Å². The van der Waals surface area contributed by atoms with Gasteiger partial charge in [0.05, 0.1) is 11.3 Å². The molecule has 2 aromatic carbocycles. The van der Waals surface area contributed by atoms with E-state index in [-0.39, 0.29) is 23.8 Å². The number of rotatable bonds is 8. The van der Waals surface area contributed by atoms with Crippen molar-refractivity contribution in [1.29, 1.82) is 0 Å². The van der Waals surface area contributed by atoms with Crippen LogP contribution in [0, 0.1) is 5.82 Å². The number of anilines is 1. The van der Waals surface area contributed by atoms with Crippen molar-refractivity contribution in [2.45, 2.75) is 11.6 Å². The van der Waals surface area contributed by atoms with E-state index in [0.717, 1.165) is 0 Å². The largest absolute Gasteiger partial charge is 0.351 e. The summed E-state index contributed by atoms with van der Waals surface area (Å²) in [5, 5.41) is 14.7. The first-order chi connectivity index (χ1) is 14.4. The molecule has 0 saturated carbocycles.